The van der Waals surface area contributed by atoms with Gasteiger partial charge in [-0.15, -0.1) is 5.10 Å². The van der Waals surface area contributed by atoms with Crippen molar-refractivity contribution in [3.8, 4) is 11.3 Å². The molecule has 0 aliphatic carbocycles. The number of nitrogen functional groups attached to an aromatic ring is 1. The minimum atomic E-state index is -0.375. The summed E-state index contributed by atoms with van der Waals surface area (Å²) >= 11 is 5.92. The van der Waals surface area contributed by atoms with Crippen LogP contribution in [-0.4, -0.2) is 15.8 Å². The molecule has 0 saturated carbocycles. The summed E-state index contributed by atoms with van der Waals surface area (Å²) in [6, 6.07) is 14.2. The smallest absolute Gasteiger partial charge is 0.347 e. The Morgan fingerprint density at radius 1 is 1.08 bits per heavy atom. The van der Waals surface area contributed by atoms with E-state index in [0.29, 0.717) is 16.4 Å². The second kappa shape index (κ2) is 6.37. The highest BCUT2D eigenvalue weighted by atomic mass is 35.5. The van der Waals surface area contributed by atoms with Crippen molar-refractivity contribution >= 4 is 29.1 Å². The molecule has 0 spiro atoms. The third-order valence-electron chi connectivity index (χ3n) is 3.82. The molecule has 0 unspecified atom stereocenters. The van der Waals surface area contributed by atoms with E-state index in [1.165, 1.54) is 4.68 Å². The second-order valence-corrected chi connectivity index (χ2v) is 6.04. The van der Waals surface area contributed by atoms with Gasteiger partial charge in [0.2, 0.25) is 0 Å². The summed E-state index contributed by atoms with van der Waals surface area (Å²) in [6.07, 6.45) is 0. The number of amides is 1. The van der Waals surface area contributed by atoms with E-state index in [9.17, 15) is 4.79 Å². The van der Waals surface area contributed by atoms with Crippen LogP contribution in [0.4, 0.5) is 16.3 Å². The molecule has 0 fully saturated rings. The molecule has 1 heterocycles. The number of hydrogen-bond donors (Lipinski definition) is 2. The minimum Gasteiger partial charge on any atom is -0.382 e. The predicted molar refractivity (Wildman–Crippen MR) is 97.4 cm³/mol. The van der Waals surface area contributed by atoms with Crippen molar-refractivity contribution in [3.63, 3.8) is 0 Å². The molecule has 0 atom stereocenters. The number of benzene rings is 2. The molecule has 1 aromatic heterocycles. The Kier molecular flexibility index (Phi) is 4.27. The lowest BCUT2D eigenvalue weighted by Crippen LogP contribution is -2.21. The van der Waals surface area contributed by atoms with Gasteiger partial charge in [-0.05, 0) is 49.2 Å². The fraction of sp³-hybridized carbons (Fsp3) is 0.111. The Balaban J connectivity index is 1.92. The van der Waals surface area contributed by atoms with E-state index in [0.717, 1.165) is 16.7 Å². The first-order valence-corrected chi connectivity index (χ1v) is 7.82. The van der Waals surface area contributed by atoms with Crippen LogP contribution in [-0.2, 0) is 0 Å². The Labute approximate surface area is 145 Å². The van der Waals surface area contributed by atoms with E-state index in [1.54, 1.807) is 18.2 Å². The monoisotopic (exact) mass is 340 g/mol. The van der Waals surface area contributed by atoms with Crippen molar-refractivity contribution in [2.75, 3.05) is 11.1 Å². The average molecular weight is 341 g/mol. The number of nitrogens with one attached hydrogen (secondary N) is 1. The van der Waals surface area contributed by atoms with Gasteiger partial charge in [-0.1, -0.05) is 29.8 Å². The molecule has 2 aromatic carbocycles. The third kappa shape index (κ3) is 3.26. The lowest BCUT2D eigenvalue weighted by atomic mass is 10.1. The number of hydrogen-bond acceptors (Lipinski definition) is 3. The highest BCUT2D eigenvalue weighted by Crippen LogP contribution is 2.24. The van der Waals surface area contributed by atoms with Crippen molar-refractivity contribution in [1.29, 1.82) is 0 Å². The predicted octanol–water partition coefficient (Wildman–Crippen LogP) is 4.48. The highest BCUT2D eigenvalue weighted by molar-refractivity contribution is 6.30. The van der Waals surface area contributed by atoms with Gasteiger partial charge in [-0.3, -0.25) is 0 Å². The zero-order valence-corrected chi connectivity index (χ0v) is 14.1. The van der Waals surface area contributed by atoms with Crippen LogP contribution in [0.5, 0.6) is 0 Å². The summed E-state index contributed by atoms with van der Waals surface area (Å²) < 4.78 is 1.26. The van der Waals surface area contributed by atoms with Gasteiger partial charge in [-0.2, -0.15) is 4.68 Å². The maximum absolute atomic E-state index is 12.6. The fourth-order valence-electron chi connectivity index (χ4n) is 2.38. The number of aryl methyl sites for hydroxylation is 2. The zero-order valence-electron chi connectivity index (χ0n) is 13.4. The van der Waals surface area contributed by atoms with E-state index in [2.05, 4.69) is 10.4 Å². The maximum Gasteiger partial charge on any atom is 0.347 e. The van der Waals surface area contributed by atoms with Gasteiger partial charge < -0.3 is 11.1 Å². The SMILES string of the molecule is Cc1ccc(NC(=O)n2nc(N)cc2-c2ccc(Cl)cc2)cc1C. The van der Waals surface area contributed by atoms with E-state index in [1.807, 2.05) is 44.2 Å². The molecule has 0 bridgehead atoms. The van der Waals surface area contributed by atoms with Gasteiger partial charge in [-0.25, -0.2) is 4.79 Å². The maximum atomic E-state index is 12.6. The summed E-state index contributed by atoms with van der Waals surface area (Å²) in [4.78, 5) is 12.6. The van der Waals surface area contributed by atoms with Crippen LogP contribution in [0.25, 0.3) is 11.3 Å². The van der Waals surface area contributed by atoms with Crippen molar-refractivity contribution in [1.82, 2.24) is 9.78 Å². The van der Waals surface area contributed by atoms with Crippen LogP contribution < -0.4 is 11.1 Å². The molecular weight excluding hydrogens is 324 g/mol. The molecule has 0 radical (unpaired) electrons. The quantitative estimate of drug-likeness (QED) is 0.722. The molecular formula is C18H17ClN4O. The topological polar surface area (TPSA) is 72.9 Å². The van der Waals surface area contributed by atoms with Crippen LogP contribution in [0.2, 0.25) is 5.02 Å². The molecule has 0 aliphatic heterocycles. The van der Waals surface area contributed by atoms with Crippen molar-refractivity contribution in [2.45, 2.75) is 13.8 Å². The molecule has 6 heteroatoms. The minimum absolute atomic E-state index is 0.273. The number of carbonyl (C=O) groups is 1. The molecule has 0 aliphatic rings. The third-order valence-corrected chi connectivity index (χ3v) is 4.07. The Morgan fingerprint density at radius 2 is 1.79 bits per heavy atom. The Hall–Kier alpha value is -2.79. The molecule has 24 heavy (non-hydrogen) atoms. The second-order valence-electron chi connectivity index (χ2n) is 5.60. The van der Waals surface area contributed by atoms with Crippen LogP contribution in [0.3, 0.4) is 0 Å². The fourth-order valence-corrected chi connectivity index (χ4v) is 2.50. The number of anilines is 2. The largest absolute Gasteiger partial charge is 0.382 e. The summed E-state index contributed by atoms with van der Waals surface area (Å²) in [7, 11) is 0. The lowest BCUT2D eigenvalue weighted by molar-refractivity contribution is 0.251. The van der Waals surface area contributed by atoms with Crippen LogP contribution in [0.15, 0.2) is 48.5 Å². The van der Waals surface area contributed by atoms with Crippen molar-refractivity contribution < 1.29 is 4.79 Å². The molecule has 3 rings (SSSR count). The van der Waals surface area contributed by atoms with Gasteiger partial charge in [0, 0.05) is 22.3 Å². The van der Waals surface area contributed by atoms with Gasteiger partial charge in [0.15, 0.2) is 0 Å². The van der Waals surface area contributed by atoms with Crippen LogP contribution in [0.1, 0.15) is 11.1 Å². The number of halogens is 1. The summed E-state index contributed by atoms with van der Waals surface area (Å²) in [6.45, 7) is 4.02. The standard InChI is InChI=1S/C18H17ClN4O/c1-11-3-8-15(9-12(11)2)21-18(24)23-16(10-17(20)22-23)13-4-6-14(19)7-5-13/h3-10H,1-2H3,(H2,20,22)(H,21,24). The number of carbonyl (C=O) groups excluding carboxylic acids is 1. The van der Waals surface area contributed by atoms with E-state index < -0.39 is 0 Å². The molecule has 1 amide bonds. The number of nitrogens with two attached hydrogens (primary N) is 1. The summed E-state index contributed by atoms with van der Waals surface area (Å²) in [5.74, 6) is 0.273. The van der Waals surface area contributed by atoms with Gasteiger partial charge in [0.25, 0.3) is 0 Å². The first kappa shape index (κ1) is 16.1. The van der Waals surface area contributed by atoms with E-state index in [4.69, 9.17) is 17.3 Å². The highest BCUT2D eigenvalue weighted by Gasteiger charge is 2.15. The molecule has 3 N–H and O–H groups in total. The molecule has 122 valence electrons. The summed E-state index contributed by atoms with van der Waals surface area (Å²) in [5.41, 5.74) is 10.2. The Morgan fingerprint density at radius 3 is 2.46 bits per heavy atom. The van der Waals surface area contributed by atoms with Crippen LogP contribution >= 0.6 is 11.6 Å². The normalized spacial score (nSPS) is 10.6. The van der Waals surface area contributed by atoms with Crippen molar-refractivity contribution in [2.24, 2.45) is 0 Å². The molecule has 5 nitrogen and oxygen atoms in total. The van der Waals surface area contributed by atoms with Crippen molar-refractivity contribution in [3.05, 3.63) is 64.7 Å². The lowest BCUT2D eigenvalue weighted by Gasteiger charge is -2.10. The summed E-state index contributed by atoms with van der Waals surface area (Å²) in [5, 5.41) is 7.56. The van der Waals surface area contributed by atoms with Gasteiger partial charge in [0.1, 0.15) is 5.82 Å². The average Bonchev–Trinajstić information content (AvgIpc) is 2.94. The number of nitrogens with zero attached hydrogens (tertiary/aromatic N) is 2. The van der Waals surface area contributed by atoms with E-state index >= 15 is 0 Å². The molecule has 0 saturated heterocycles. The molecule has 3 aromatic rings. The van der Waals surface area contributed by atoms with Gasteiger partial charge in [0.05, 0.1) is 5.69 Å². The first-order valence-electron chi connectivity index (χ1n) is 7.44. The number of aromatic nitrogens is 2. The first-order chi connectivity index (χ1) is 11.4. The zero-order chi connectivity index (χ0) is 17.3. The van der Waals surface area contributed by atoms with E-state index in [-0.39, 0.29) is 11.8 Å². The number of rotatable bonds is 2. The van der Waals surface area contributed by atoms with Gasteiger partial charge >= 0.3 is 6.03 Å². The van der Waals surface area contributed by atoms with Crippen LogP contribution in [0, 0.1) is 13.8 Å². The Bertz CT molecular complexity index is 900.